The summed E-state index contributed by atoms with van der Waals surface area (Å²) >= 11 is 0. The first kappa shape index (κ1) is 15.3. The van der Waals surface area contributed by atoms with Crippen LogP contribution in [0, 0.1) is 0 Å². The number of hydrogen-bond acceptors (Lipinski definition) is 2. The number of urea groups is 1. The standard InChI is InChI=1S/C17H22N2O2/c1-2-16(12-20)19-17(21)18-10-9-13-7-8-14-5-3-4-6-15(14)11-13/h3-8,11,16,20H,2,9-10,12H2,1H3,(H2,18,19,21). The van der Waals surface area contributed by atoms with Gasteiger partial charge in [0.25, 0.3) is 0 Å². The van der Waals surface area contributed by atoms with Crippen LogP contribution in [0.4, 0.5) is 4.79 Å². The van der Waals surface area contributed by atoms with Gasteiger partial charge in [0.05, 0.1) is 12.6 Å². The van der Waals surface area contributed by atoms with Crippen LogP contribution in [0.2, 0.25) is 0 Å². The van der Waals surface area contributed by atoms with Gasteiger partial charge in [-0.1, -0.05) is 49.4 Å². The third-order valence-electron chi connectivity index (χ3n) is 3.56. The van der Waals surface area contributed by atoms with Crippen molar-refractivity contribution in [2.24, 2.45) is 0 Å². The monoisotopic (exact) mass is 286 g/mol. The molecule has 2 rings (SSSR count). The quantitative estimate of drug-likeness (QED) is 0.764. The molecule has 2 amide bonds. The zero-order valence-electron chi connectivity index (χ0n) is 12.3. The van der Waals surface area contributed by atoms with Gasteiger partial charge in [-0.3, -0.25) is 0 Å². The average Bonchev–Trinajstić information content (AvgIpc) is 2.52. The summed E-state index contributed by atoms with van der Waals surface area (Å²) in [6.07, 6.45) is 1.50. The summed E-state index contributed by atoms with van der Waals surface area (Å²) in [5.41, 5.74) is 1.20. The topological polar surface area (TPSA) is 61.4 Å². The number of fused-ring (bicyclic) bond motifs is 1. The van der Waals surface area contributed by atoms with E-state index in [4.69, 9.17) is 5.11 Å². The smallest absolute Gasteiger partial charge is 0.315 e. The van der Waals surface area contributed by atoms with Crippen molar-refractivity contribution in [2.75, 3.05) is 13.2 Å². The van der Waals surface area contributed by atoms with Gasteiger partial charge >= 0.3 is 6.03 Å². The maximum Gasteiger partial charge on any atom is 0.315 e. The Balaban J connectivity index is 1.83. The number of amides is 2. The Hall–Kier alpha value is -2.07. The summed E-state index contributed by atoms with van der Waals surface area (Å²) < 4.78 is 0. The predicted molar refractivity (Wildman–Crippen MR) is 85.4 cm³/mol. The highest BCUT2D eigenvalue weighted by atomic mass is 16.3. The van der Waals surface area contributed by atoms with Crippen LogP contribution in [0.3, 0.4) is 0 Å². The van der Waals surface area contributed by atoms with E-state index in [0.29, 0.717) is 13.0 Å². The van der Waals surface area contributed by atoms with Crippen molar-refractivity contribution in [3.05, 3.63) is 48.0 Å². The number of hydrogen-bond donors (Lipinski definition) is 3. The molecule has 21 heavy (non-hydrogen) atoms. The Morgan fingerprint density at radius 2 is 1.95 bits per heavy atom. The third-order valence-corrected chi connectivity index (χ3v) is 3.56. The van der Waals surface area contributed by atoms with Crippen LogP contribution in [-0.2, 0) is 6.42 Å². The molecular weight excluding hydrogens is 264 g/mol. The lowest BCUT2D eigenvalue weighted by Crippen LogP contribution is -2.44. The second-order valence-corrected chi connectivity index (χ2v) is 5.12. The van der Waals surface area contributed by atoms with Crippen molar-refractivity contribution in [2.45, 2.75) is 25.8 Å². The molecule has 2 aromatic carbocycles. The van der Waals surface area contributed by atoms with Crippen LogP contribution < -0.4 is 10.6 Å². The van der Waals surface area contributed by atoms with Gasteiger partial charge in [-0.05, 0) is 29.2 Å². The number of benzene rings is 2. The number of rotatable bonds is 6. The highest BCUT2D eigenvalue weighted by molar-refractivity contribution is 5.83. The van der Waals surface area contributed by atoms with Crippen molar-refractivity contribution in [1.29, 1.82) is 0 Å². The van der Waals surface area contributed by atoms with Crippen molar-refractivity contribution >= 4 is 16.8 Å². The molecule has 0 heterocycles. The molecule has 1 unspecified atom stereocenters. The molecule has 0 fully saturated rings. The lowest BCUT2D eigenvalue weighted by Gasteiger charge is -2.14. The van der Waals surface area contributed by atoms with Gasteiger partial charge in [0.2, 0.25) is 0 Å². The van der Waals surface area contributed by atoms with Gasteiger partial charge in [0, 0.05) is 6.54 Å². The summed E-state index contributed by atoms with van der Waals surface area (Å²) in [5, 5.41) is 17.0. The Morgan fingerprint density at radius 3 is 2.67 bits per heavy atom. The molecule has 0 radical (unpaired) electrons. The molecule has 0 saturated carbocycles. The van der Waals surface area contributed by atoms with Crippen LogP contribution >= 0.6 is 0 Å². The largest absolute Gasteiger partial charge is 0.394 e. The molecule has 2 aromatic rings. The molecule has 0 aliphatic carbocycles. The van der Waals surface area contributed by atoms with E-state index in [0.717, 1.165) is 6.42 Å². The normalized spacial score (nSPS) is 12.1. The van der Waals surface area contributed by atoms with Crippen molar-refractivity contribution in [1.82, 2.24) is 10.6 Å². The molecule has 0 spiro atoms. The van der Waals surface area contributed by atoms with E-state index in [1.807, 2.05) is 19.1 Å². The van der Waals surface area contributed by atoms with E-state index in [1.54, 1.807) is 0 Å². The maximum atomic E-state index is 11.6. The van der Waals surface area contributed by atoms with Gasteiger partial charge in [-0.15, -0.1) is 0 Å². The Kier molecular flexibility index (Phi) is 5.58. The molecule has 0 aliphatic rings. The second kappa shape index (κ2) is 7.64. The van der Waals surface area contributed by atoms with E-state index in [-0.39, 0.29) is 18.7 Å². The van der Waals surface area contributed by atoms with Crippen molar-refractivity contribution in [3.8, 4) is 0 Å². The van der Waals surface area contributed by atoms with Crippen molar-refractivity contribution < 1.29 is 9.90 Å². The summed E-state index contributed by atoms with van der Waals surface area (Å²) in [6, 6.07) is 14.2. The molecule has 112 valence electrons. The van der Waals surface area contributed by atoms with Gasteiger partial charge in [-0.2, -0.15) is 0 Å². The Bertz CT molecular complexity index is 594. The number of carbonyl (C=O) groups excluding carboxylic acids is 1. The molecule has 0 aromatic heterocycles. The summed E-state index contributed by atoms with van der Waals surface area (Å²) in [4.78, 5) is 11.6. The first-order valence-corrected chi connectivity index (χ1v) is 7.36. The zero-order chi connectivity index (χ0) is 15.1. The minimum absolute atomic E-state index is 0.0331. The van der Waals surface area contributed by atoms with Crippen LogP contribution in [0.5, 0.6) is 0 Å². The van der Waals surface area contributed by atoms with Crippen LogP contribution in [0.15, 0.2) is 42.5 Å². The highest BCUT2D eigenvalue weighted by Gasteiger charge is 2.07. The van der Waals surface area contributed by atoms with E-state index < -0.39 is 0 Å². The number of aliphatic hydroxyl groups excluding tert-OH is 1. The maximum absolute atomic E-state index is 11.6. The minimum atomic E-state index is -0.225. The summed E-state index contributed by atoms with van der Waals surface area (Å²) in [6.45, 7) is 2.47. The van der Waals surface area contributed by atoms with Crippen LogP contribution in [0.1, 0.15) is 18.9 Å². The molecular formula is C17H22N2O2. The lowest BCUT2D eigenvalue weighted by molar-refractivity contribution is 0.214. The molecule has 1 atom stereocenters. The zero-order valence-corrected chi connectivity index (χ0v) is 12.3. The fourth-order valence-electron chi connectivity index (χ4n) is 2.23. The average molecular weight is 286 g/mol. The second-order valence-electron chi connectivity index (χ2n) is 5.12. The highest BCUT2D eigenvalue weighted by Crippen LogP contribution is 2.15. The fourth-order valence-corrected chi connectivity index (χ4v) is 2.23. The molecule has 0 aliphatic heterocycles. The minimum Gasteiger partial charge on any atom is -0.394 e. The van der Waals surface area contributed by atoms with E-state index >= 15 is 0 Å². The molecule has 0 saturated heterocycles. The third kappa shape index (κ3) is 4.46. The first-order chi connectivity index (χ1) is 10.2. The predicted octanol–water partition coefficient (Wildman–Crippen LogP) is 2.45. The Morgan fingerprint density at radius 1 is 1.19 bits per heavy atom. The van der Waals surface area contributed by atoms with E-state index in [2.05, 4.69) is 41.0 Å². The number of nitrogens with one attached hydrogen (secondary N) is 2. The number of aliphatic hydroxyl groups is 1. The van der Waals surface area contributed by atoms with Gasteiger partial charge in [0.1, 0.15) is 0 Å². The molecule has 0 bridgehead atoms. The lowest BCUT2D eigenvalue weighted by atomic mass is 10.1. The first-order valence-electron chi connectivity index (χ1n) is 7.36. The van der Waals surface area contributed by atoms with E-state index in [9.17, 15) is 4.79 Å². The van der Waals surface area contributed by atoms with Crippen molar-refractivity contribution in [3.63, 3.8) is 0 Å². The van der Waals surface area contributed by atoms with E-state index in [1.165, 1.54) is 16.3 Å². The van der Waals surface area contributed by atoms with Gasteiger partial charge in [0.15, 0.2) is 0 Å². The molecule has 3 N–H and O–H groups in total. The van der Waals surface area contributed by atoms with Gasteiger partial charge < -0.3 is 15.7 Å². The molecule has 4 nitrogen and oxygen atoms in total. The summed E-state index contributed by atoms with van der Waals surface area (Å²) in [7, 11) is 0. The molecule has 4 heteroatoms. The summed E-state index contributed by atoms with van der Waals surface area (Å²) in [5.74, 6) is 0. The Labute approximate surface area is 125 Å². The van der Waals surface area contributed by atoms with Gasteiger partial charge in [-0.25, -0.2) is 4.79 Å². The van der Waals surface area contributed by atoms with Crippen LogP contribution in [0.25, 0.3) is 10.8 Å². The van der Waals surface area contributed by atoms with Crippen LogP contribution in [-0.4, -0.2) is 30.3 Å². The SMILES string of the molecule is CCC(CO)NC(=O)NCCc1ccc2ccccc2c1. The number of carbonyl (C=O) groups is 1. The fraction of sp³-hybridized carbons (Fsp3) is 0.353.